The highest BCUT2D eigenvalue weighted by Crippen LogP contribution is 2.61. The number of hydrogen-bond donors (Lipinski definition) is 1. The van der Waals surface area contributed by atoms with Gasteiger partial charge in [0.2, 0.25) is 0 Å². The van der Waals surface area contributed by atoms with Gasteiger partial charge in [0, 0.05) is 12.1 Å². The molecule has 0 unspecified atom stereocenters. The summed E-state index contributed by atoms with van der Waals surface area (Å²) in [6, 6.07) is 1.43. The Labute approximate surface area is 88.7 Å². The predicted octanol–water partition coefficient (Wildman–Crippen LogP) is 3.06. The van der Waals surface area contributed by atoms with Crippen molar-refractivity contribution >= 4 is 0 Å². The highest BCUT2D eigenvalue weighted by atomic mass is 15.0. The second-order valence-corrected chi connectivity index (χ2v) is 6.38. The van der Waals surface area contributed by atoms with Crippen molar-refractivity contribution in [3.63, 3.8) is 0 Å². The molecule has 0 heterocycles. The van der Waals surface area contributed by atoms with E-state index in [1.165, 1.54) is 12.8 Å². The van der Waals surface area contributed by atoms with Gasteiger partial charge in [-0.25, -0.2) is 0 Å². The average Bonchev–Trinajstić information content (AvgIpc) is 2.06. The quantitative estimate of drug-likeness (QED) is 0.714. The molecule has 3 aliphatic carbocycles. The molecule has 0 aromatic rings. The first-order valence-electron chi connectivity index (χ1n) is 6.19. The van der Waals surface area contributed by atoms with E-state index in [4.69, 9.17) is 0 Å². The van der Waals surface area contributed by atoms with Crippen LogP contribution in [0.5, 0.6) is 0 Å². The molecule has 0 radical (unpaired) electrons. The molecule has 0 aromatic heterocycles. The molecule has 4 atom stereocenters. The fourth-order valence-electron chi connectivity index (χ4n) is 3.80. The Hall–Kier alpha value is -0.0400. The van der Waals surface area contributed by atoms with Crippen LogP contribution in [0.2, 0.25) is 0 Å². The number of rotatable bonds is 2. The number of nitrogens with one attached hydrogen (secondary N) is 1. The first-order chi connectivity index (χ1) is 6.43. The molecule has 0 amide bonds. The van der Waals surface area contributed by atoms with Crippen LogP contribution in [0.1, 0.15) is 47.5 Å². The van der Waals surface area contributed by atoms with Crippen molar-refractivity contribution in [2.75, 3.05) is 0 Å². The summed E-state index contributed by atoms with van der Waals surface area (Å²) in [6.45, 7) is 11.9. The third kappa shape index (κ3) is 1.41. The zero-order valence-electron chi connectivity index (χ0n) is 10.3. The third-order valence-electron chi connectivity index (χ3n) is 4.90. The van der Waals surface area contributed by atoms with Crippen molar-refractivity contribution in [3.05, 3.63) is 0 Å². The normalized spacial score (nSPS) is 45.0. The molecule has 1 nitrogen and oxygen atoms in total. The van der Waals surface area contributed by atoms with Crippen LogP contribution < -0.4 is 5.32 Å². The van der Waals surface area contributed by atoms with Crippen LogP contribution in [0, 0.1) is 23.2 Å². The van der Waals surface area contributed by atoms with Crippen molar-refractivity contribution in [3.8, 4) is 0 Å². The molecule has 1 heteroatoms. The second-order valence-electron chi connectivity index (χ2n) is 6.38. The number of hydrogen-bond acceptors (Lipinski definition) is 1. The van der Waals surface area contributed by atoms with E-state index >= 15 is 0 Å². The van der Waals surface area contributed by atoms with Gasteiger partial charge in [-0.05, 0) is 36.0 Å². The number of fused-ring (bicyclic) bond motifs is 2. The maximum atomic E-state index is 3.73. The van der Waals surface area contributed by atoms with Gasteiger partial charge in [-0.2, -0.15) is 0 Å². The molecule has 3 fully saturated rings. The van der Waals surface area contributed by atoms with E-state index in [0.29, 0.717) is 11.5 Å². The van der Waals surface area contributed by atoms with Gasteiger partial charge < -0.3 is 5.32 Å². The molecule has 82 valence electrons. The summed E-state index contributed by atoms with van der Waals surface area (Å²) < 4.78 is 0. The van der Waals surface area contributed by atoms with Gasteiger partial charge in [-0.1, -0.05) is 34.6 Å². The van der Waals surface area contributed by atoms with Gasteiger partial charge >= 0.3 is 0 Å². The molecular weight excluding hydrogens is 170 g/mol. The summed E-state index contributed by atoms with van der Waals surface area (Å²) in [5, 5.41) is 3.73. The lowest BCUT2D eigenvalue weighted by Gasteiger charge is -2.62. The molecule has 0 aliphatic heterocycles. The van der Waals surface area contributed by atoms with Crippen molar-refractivity contribution in [1.82, 2.24) is 5.32 Å². The first kappa shape index (κ1) is 10.5. The van der Waals surface area contributed by atoms with Gasteiger partial charge in [0.05, 0.1) is 0 Å². The van der Waals surface area contributed by atoms with E-state index in [1.54, 1.807) is 0 Å². The molecule has 0 spiro atoms. The van der Waals surface area contributed by atoms with Gasteiger partial charge in [0.15, 0.2) is 0 Å². The Morgan fingerprint density at radius 2 is 1.86 bits per heavy atom. The second kappa shape index (κ2) is 3.23. The molecule has 0 aromatic carbocycles. The molecule has 1 N–H and O–H groups in total. The fourth-order valence-corrected chi connectivity index (χ4v) is 3.80. The molecule has 3 rings (SSSR count). The topological polar surface area (TPSA) is 12.0 Å². The molecule has 0 saturated heterocycles. The fraction of sp³-hybridized carbons (Fsp3) is 1.00. The van der Waals surface area contributed by atoms with Crippen LogP contribution in [-0.2, 0) is 0 Å². The Morgan fingerprint density at radius 1 is 1.21 bits per heavy atom. The van der Waals surface area contributed by atoms with E-state index in [2.05, 4.69) is 39.9 Å². The van der Waals surface area contributed by atoms with Crippen LogP contribution in [-0.4, -0.2) is 12.1 Å². The van der Waals surface area contributed by atoms with Gasteiger partial charge in [0.25, 0.3) is 0 Å². The van der Waals surface area contributed by atoms with Crippen molar-refractivity contribution in [1.29, 1.82) is 0 Å². The summed E-state index contributed by atoms with van der Waals surface area (Å²) in [5.74, 6) is 2.83. The van der Waals surface area contributed by atoms with E-state index in [0.717, 1.165) is 23.8 Å². The monoisotopic (exact) mass is 195 g/mol. The van der Waals surface area contributed by atoms with Gasteiger partial charge in [-0.3, -0.25) is 0 Å². The highest BCUT2D eigenvalue weighted by molar-refractivity contribution is 5.07. The zero-order valence-corrected chi connectivity index (χ0v) is 10.3. The zero-order chi connectivity index (χ0) is 10.5. The Bertz CT molecular complexity index is 219. The van der Waals surface area contributed by atoms with E-state index in [-0.39, 0.29) is 0 Å². The summed E-state index contributed by atoms with van der Waals surface area (Å²) in [4.78, 5) is 0. The van der Waals surface area contributed by atoms with Gasteiger partial charge in [0.1, 0.15) is 0 Å². The summed E-state index contributed by atoms with van der Waals surface area (Å²) in [7, 11) is 0. The SMILES string of the molecule is CC(C)N[C@H]1C[C@H]2C[C@@H]([C@@H]1C)C2(C)C. The van der Waals surface area contributed by atoms with Crippen LogP contribution in [0.25, 0.3) is 0 Å². The standard InChI is InChI=1S/C13H25N/c1-8(2)14-12-7-10-6-11(9(12)3)13(10,4)5/h8-12,14H,6-7H2,1-5H3/t9-,10+,11-,12-/m0/s1. The van der Waals surface area contributed by atoms with Crippen LogP contribution in [0.15, 0.2) is 0 Å². The summed E-state index contributed by atoms with van der Waals surface area (Å²) in [5.41, 5.74) is 0.634. The minimum Gasteiger partial charge on any atom is -0.311 e. The van der Waals surface area contributed by atoms with E-state index in [9.17, 15) is 0 Å². The minimum atomic E-state index is 0.634. The van der Waals surface area contributed by atoms with Crippen LogP contribution in [0.4, 0.5) is 0 Å². The van der Waals surface area contributed by atoms with Crippen molar-refractivity contribution < 1.29 is 0 Å². The highest BCUT2D eigenvalue weighted by Gasteiger charge is 2.56. The van der Waals surface area contributed by atoms with Gasteiger partial charge in [-0.15, -0.1) is 0 Å². The summed E-state index contributed by atoms with van der Waals surface area (Å²) >= 11 is 0. The minimum absolute atomic E-state index is 0.634. The molecular formula is C13H25N. The first-order valence-corrected chi connectivity index (χ1v) is 6.19. The van der Waals surface area contributed by atoms with E-state index < -0.39 is 0 Å². The van der Waals surface area contributed by atoms with Crippen LogP contribution in [0.3, 0.4) is 0 Å². The largest absolute Gasteiger partial charge is 0.311 e. The van der Waals surface area contributed by atoms with Crippen LogP contribution >= 0.6 is 0 Å². The molecule has 3 aliphatic rings. The van der Waals surface area contributed by atoms with Crippen molar-refractivity contribution in [2.24, 2.45) is 23.2 Å². The van der Waals surface area contributed by atoms with Crippen molar-refractivity contribution in [2.45, 2.75) is 59.5 Å². The maximum absolute atomic E-state index is 3.73. The molecule has 14 heavy (non-hydrogen) atoms. The maximum Gasteiger partial charge on any atom is 0.0101 e. The Balaban J connectivity index is 2.01. The average molecular weight is 195 g/mol. The lowest BCUT2D eigenvalue weighted by molar-refractivity contribution is -0.116. The van der Waals surface area contributed by atoms with E-state index in [1.807, 2.05) is 0 Å². The third-order valence-corrected chi connectivity index (χ3v) is 4.90. The lowest BCUT2D eigenvalue weighted by Crippen LogP contribution is -2.60. The molecule has 2 bridgehead atoms. The molecule has 3 saturated carbocycles. The smallest absolute Gasteiger partial charge is 0.0101 e. The predicted molar refractivity (Wildman–Crippen MR) is 61.2 cm³/mol. The Kier molecular flexibility index (Phi) is 2.42. The summed E-state index contributed by atoms with van der Waals surface area (Å²) in [6.07, 6.45) is 2.90. The Morgan fingerprint density at radius 3 is 2.29 bits per heavy atom. The lowest BCUT2D eigenvalue weighted by atomic mass is 9.44.